The highest BCUT2D eigenvalue weighted by atomic mass is 16.5. The van der Waals surface area contributed by atoms with Gasteiger partial charge in [0.1, 0.15) is 7.85 Å². The van der Waals surface area contributed by atoms with Gasteiger partial charge in [0.05, 0.1) is 6.10 Å². The first-order valence-electron chi connectivity index (χ1n) is 4.68. The van der Waals surface area contributed by atoms with Crippen molar-refractivity contribution in [3.63, 3.8) is 0 Å². The number of hydrogen-bond acceptors (Lipinski definition) is 1. The standard InChI is InChI=1S/C9H19BO/c1-6-4-8(10)5-7(2)9(6)11-3/h6-9H,4-5,10H2,1-3H3. The Morgan fingerprint density at radius 3 is 2.00 bits per heavy atom. The number of methoxy groups -OCH3 is 1. The molecular formula is C9H19BO. The Kier molecular flexibility index (Phi) is 3.00. The maximum Gasteiger partial charge on any atom is 0.105 e. The van der Waals surface area contributed by atoms with Crippen LogP contribution < -0.4 is 0 Å². The Morgan fingerprint density at radius 2 is 1.64 bits per heavy atom. The summed E-state index contributed by atoms with van der Waals surface area (Å²) in [6.07, 6.45) is 3.18. The first-order valence-corrected chi connectivity index (χ1v) is 4.68. The van der Waals surface area contributed by atoms with Crippen LogP contribution in [0.15, 0.2) is 0 Å². The van der Waals surface area contributed by atoms with Crippen molar-refractivity contribution in [3.05, 3.63) is 0 Å². The van der Waals surface area contributed by atoms with Gasteiger partial charge in [-0.2, -0.15) is 0 Å². The molecule has 0 amide bonds. The van der Waals surface area contributed by atoms with Crippen molar-refractivity contribution >= 4 is 7.85 Å². The molecule has 2 atom stereocenters. The zero-order valence-electron chi connectivity index (χ0n) is 8.13. The minimum Gasteiger partial charge on any atom is -0.381 e. The first kappa shape index (κ1) is 9.12. The van der Waals surface area contributed by atoms with Crippen LogP contribution in [0.3, 0.4) is 0 Å². The summed E-state index contributed by atoms with van der Waals surface area (Å²) in [5, 5.41) is 0. The van der Waals surface area contributed by atoms with Crippen LogP contribution in [0.1, 0.15) is 26.7 Å². The van der Waals surface area contributed by atoms with Crippen LogP contribution in [0.4, 0.5) is 0 Å². The molecule has 0 radical (unpaired) electrons. The number of rotatable bonds is 1. The number of hydrogen-bond donors (Lipinski definition) is 0. The minimum atomic E-state index is 0.506. The molecule has 1 aliphatic carbocycles. The molecular weight excluding hydrogens is 135 g/mol. The van der Waals surface area contributed by atoms with Gasteiger partial charge in [-0.3, -0.25) is 0 Å². The van der Waals surface area contributed by atoms with Crippen molar-refractivity contribution in [3.8, 4) is 0 Å². The molecule has 0 N–H and O–H groups in total. The van der Waals surface area contributed by atoms with Crippen molar-refractivity contribution in [2.24, 2.45) is 11.8 Å². The summed E-state index contributed by atoms with van der Waals surface area (Å²) in [5.74, 6) is 2.39. The molecule has 1 saturated carbocycles. The monoisotopic (exact) mass is 154 g/mol. The van der Waals surface area contributed by atoms with Crippen molar-refractivity contribution < 1.29 is 4.74 Å². The van der Waals surface area contributed by atoms with Crippen LogP contribution in [0.25, 0.3) is 0 Å². The third-order valence-corrected chi connectivity index (χ3v) is 2.94. The van der Waals surface area contributed by atoms with Gasteiger partial charge in [0.25, 0.3) is 0 Å². The van der Waals surface area contributed by atoms with Crippen molar-refractivity contribution in [1.29, 1.82) is 0 Å². The van der Waals surface area contributed by atoms with Gasteiger partial charge in [-0.05, 0) is 11.8 Å². The van der Waals surface area contributed by atoms with E-state index in [9.17, 15) is 0 Å². The Hall–Kier alpha value is 0.0249. The fourth-order valence-electron chi connectivity index (χ4n) is 2.66. The molecule has 1 aliphatic rings. The quantitative estimate of drug-likeness (QED) is 0.520. The van der Waals surface area contributed by atoms with E-state index in [-0.39, 0.29) is 0 Å². The Bertz CT molecular complexity index is 115. The molecule has 1 fully saturated rings. The van der Waals surface area contributed by atoms with E-state index in [0.717, 1.165) is 17.7 Å². The molecule has 2 unspecified atom stereocenters. The van der Waals surface area contributed by atoms with Crippen LogP contribution in [0.5, 0.6) is 0 Å². The Morgan fingerprint density at radius 1 is 1.18 bits per heavy atom. The maximum atomic E-state index is 5.46. The molecule has 0 aromatic rings. The lowest BCUT2D eigenvalue weighted by Crippen LogP contribution is -2.34. The molecule has 0 bridgehead atoms. The van der Waals surface area contributed by atoms with Crippen LogP contribution in [-0.4, -0.2) is 21.1 Å². The van der Waals surface area contributed by atoms with Crippen molar-refractivity contribution in [2.45, 2.75) is 38.6 Å². The maximum absolute atomic E-state index is 5.46. The lowest BCUT2D eigenvalue weighted by molar-refractivity contribution is -0.00658. The SMILES string of the molecule is BC1CC(C)C(OC)C(C)C1. The van der Waals surface area contributed by atoms with E-state index < -0.39 is 0 Å². The Balaban J connectivity index is 2.52. The zero-order valence-corrected chi connectivity index (χ0v) is 8.13. The summed E-state index contributed by atoms with van der Waals surface area (Å²) >= 11 is 0. The third-order valence-electron chi connectivity index (χ3n) is 2.94. The fourth-order valence-corrected chi connectivity index (χ4v) is 2.66. The zero-order chi connectivity index (χ0) is 8.43. The highest BCUT2D eigenvalue weighted by Crippen LogP contribution is 2.36. The van der Waals surface area contributed by atoms with Gasteiger partial charge in [-0.15, -0.1) is 0 Å². The van der Waals surface area contributed by atoms with Gasteiger partial charge in [0.15, 0.2) is 0 Å². The predicted octanol–water partition coefficient (Wildman–Crippen LogP) is 1.49. The largest absolute Gasteiger partial charge is 0.381 e. The summed E-state index contributed by atoms with van der Waals surface area (Å²) in [6.45, 7) is 4.61. The van der Waals surface area contributed by atoms with E-state index >= 15 is 0 Å². The van der Waals surface area contributed by atoms with Crippen LogP contribution >= 0.6 is 0 Å². The van der Waals surface area contributed by atoms with Gasteiger partial charge in [0.2, 0.25) is 0 Å². The van der Waals surface area contributed by atoms with Crippen molar-refractivity contribution in [1.82, 2.24) is 0 Å². The molecule has 1 nitrogen and oxygen atoms in total. The predicted molar refractivity (Wildman–Crippen MR) is 50.7 cm³/mol. The molecule has 0 saturated heterocycles. The van der Waals surface area contributed by atoms with E-state index in [1.54, 1.807) is 0 Å². The number of ether oxygens (including phenoxy) is 1. The van der Waals surface area contributed by atoms with E-state index in [1.165, 1.54) is 12.8 Å². The molecule has 0 aromatic heterocycles. The summed E-state index contributed by atoms with van der Waals surface area (Å²) in [7, 11) is 4.19. The molecule has 1 rings (SSSR count). The second-order valence-electron chi connectivity index (χ2n) is 4.23. The molecule has 2 heteroatoms. The van der Waals surface area contributed by atoms with Gasteiger partial charge >= 0.3 is 0 Å². The molecule has 0 aromatic carbocycles. The highest BCUT2D eigenvalue weighted by molar-refractivity contribution is 6.11. The second-order valence-corrected chi connectivity index (χ2v) is 4.23. The lowest BCUT2D eigenvalue weighted by Gasteiger charge is -2.36. The van der Waals surface area contributed by atoms with Crippen LogP contribution in [0.2, 0.25) is 5.82 Å². The van der Waals surface area contributed by atoms with Crippen LogP contribution in [-0.2, 0) is 4.74 Å². The first-order chi connectivity index (χ1) is 5.15. The summed E-state index contributed by atoms with van der Waals surface area (Å²) in [6, 6.07) is 0. The summed E-state index contributed by atoms with van der Waals surface area (Å²) in [5.41, 5.74) is 0. The van der Waals surface area contributed by atoms with Gasteiger partial charge in [-0.25, -0.2) is 0 Å². The molecule has 0 aliphatic heterocycles. The van der Waals surface area contributed by atoms with Gasteiger partial charge in [0, 0.05) is 7.11 Å². The fraction of sp³-hybridized carbons (Fsp3) is 1.00. The van der Waals surface area contributed by atoms with Gasteiger partial charge < -0.3 is 4.74 Å². The highest BCUT2D eigenvalue weighted by Gasteiger charge is 2.30. The minimum absolute atomic E-state index is 0.506. The van der Waals surface area contributed by atoms with E-state index in [4.69, 9.17) is 4.74 Å². The van der Waals surface area contributed by atoms with Gasteiger partial charge in [-0.1, -0.05) is 32.5 Å². The topological polar surface area (TPSA) is 9.23 Å². The average molecular weight is 154 g/mol. The van der Waals surface area contributed by atoms with Crippen molar-refractivity contribution in [2.75, 3.05) is 7.11 Å². The average Bonchev–Trinajstić information content (AvgIpc) is 1.85. The third kappa shape index (κ3) is 1.99. The second kappa shape index (κ2) is 3.62. The molecule has 64 valence electrons. The van der Waals surface area contributed by atoms with Crippen LogP contribution in [0, 0.1) is 11.8 Å². The smallest absolute Gasteiger partial charge is 0.105 e. The van der Waals surface area contributed by atoms with E-state index in [2.05, 4.69) is 21.7 Å². The van der Waals surface area contributed by atoms with E-state index in [1.807, 2.05) is 7.11 Å². The molecule has 0 heterocycles. The Labute approximate surface area is 70.9 Å². The summed E-state index contributed by atoms with van der Waals surface area (Å²) in [4.78, 5) is 0. The summed E-state index contributed by atoms with van der Waals surface area (Å²) < 4.78 is 5.46. The molecule has 11 heavy (non-hydrogen) atoms. The van der Waals surface area contributed by atoms with E-state index in [0.29, 0.717) is 6.10 Å². The lowest BCUT2D eigenvalue weighted by atomic mass is 9.66. The normalized spacial score (nSPS) is 45.7. The molecule has 0 spiro atoms.